The molecule has 4 aromatic rings. The standard InChI is InChI=1S/C23H19FN2OS/c1-15-10-11-19-20(12-15)26-21(22(19)28-18-8-3-2-4-9-18)23(27)25-14-16-6-5-7-17(24)13-16/h2-13,26H,14H2,1H3,(H,25,27). The number of aromatic amines is 1. The molecule has 3 aromatic carbocycles. The molecule has 0 bridgehead atoms. The number of hydrogen-bond acceptors (Lipinski definition) is 2. The fourth-order valence-corrected chi connectivity index (χ4v) is 4.14. The zero-order valence-corrected chi connectivity index (χ0v) is 16.1. The molecule has 0 unspecified atom stereocenters. The molecule has 5 heteroatoms. The molecular formula is C23H19FN2OS. The van der Waals surface area contributed by atoms with Gasteiger partial charge in [0.25, 0.3) is 5.91 Å². The number of hydrogen-bond donors (Lipinski definition) is 2. The SMILES string of the molecule is Cc1ccc2c(Sc3ccccc3)c(C(=O)NCc3cccc(F)c3)[nH]c2c1. The van der Waals surface area contributed by atoms with Crippen LogP contribution in [-0.2, 0) is 6.54 Å². The maximum absolute atomic E-state index is 13.4. The molecule has 0 atom stereocenters. The van der Waals surface area contributed by atoms with Crippen LogP contribution in [0.15, 0.2) is 82.6 Å². The normalized spacial score (nSPS) is 10.9. The molecule has 0 spiro atoms. The Labute approximate surface area is 167 Å². The van der Waals surface area contributed by atoms with Gasteiger partial charge in [-0.05, 0) is 48.4 Å². The van der Waals surface area contributed by atoms with Gasteiger partial charge in [-0.15, -0.1) is 0 Å². The van der Waals surface area contributed by atoms with Gasteiger partial charge in [0.05, 0.1) is 4.90 Å². The molecule has 140 valence electrons. The Balaban J connectivity index is 1.66. The largest absolute Gasteiger partial charge is 0.350 e. The van der Waals surface area contributed by atoms with E-state index in [-0.39, 0.29) is 18.3 Å². The predicted octanol–water partition coefficient (Wildman–Crippen LogP) is 5.70. The van der Waals surface area contributed by atoms with Crippen LogP contribution in [-0.4, -0.2) is 10.9 Å². The number of carbonyl (C=O) groups is 1. The van der Waals surface area contributed by atoms with E-state index in [0.717, 1.165) is 31.8 Å². The summed E-state index contributed by atoms with van der Waals surface area (Å²) in [5.41, 5.74) is 3.29. The van der Waals surface area contributed by atoms with Crippen molar-refractivity contribution in [3.63, 3.8) is 0 Å². The van der Waals surface area contributed by atoms with Gasteiger partial charge >= 0.3 is 0 Å². The minimum atomic E-state index is -0.312. The summed E-state index contributed by atoms with van der Waals surface area (Å²) in [5.74, 6) is -0.523. The Morgan fingerprint density at radius 3 is 2.64 bits per heavy atom. The summed E-state index contributed by atoms with van der Waals surface area (Å²) in [4.78, 5) is 18.1. The number of fused-ring (bicyclic) bond motifs is 1. The minimum absolute atomic E-state index is 0.212. The molecule has 1 amide bonds. The van der Waals surface area contributed by atoms with Gasteiger partial charge < -0.3 is 10.3 Å². The summed E-state index contributed by atoms with van der Waals surface area (Å²) in [6, 6.07) is 22.3. The third-order valence-corrected chi connectivity index (χ3v) is 5.57. The van der Waals surface area contributed by atoms with Gasteiger partial charge in [-0.3, -0.25) is 4.79 Å². The van der Waals surface area contributed by atoms with Gasteiger partial charge in [0.1, 0.15) is 11.5 Å². The smallest absolute Gasteiger partial charge is 0.269 e. The van der Waals surface area contributed by atoms with Gasteiger partial charge in [-0.2, -0.15) is 0 Å². The topological polar surface area (TPSA) is 44.9 Å². The number of carbonyl (C=O) groups excluding carboxylic acids is 1. The summed E-state index contributed by atoms with van der Waals surface area (Å²) in [7, 11) is 0. The Kier molecular flexibility index (Phi) is 5.17. The lowest BCUT2D eigenvalue weighted by Crippen LogP contribution is -2.23. The van der Waals surface area contributed by atoms with Crippen molar-refractivity contribution in [2.45, 2.75) is 23.3 Å². The van der Waals surface area contributed by atoms with E-state index in [9.17, 15) is 9.18 Å². The molecule has 28 heavy (non-hydrogen) atoms. The molecule has 1 heterocycles. The molecule has 0 fully saturated rings. The average Bonchev–Trinajstić information content (AvgIpc) is 3.04. The minimum Gasteiger partial charge on any atom is -0.350 e. The monoisotopic (exact) mass is 390 g/mol. The van der Waals surface area contributed by atoms with Gasteiger partial charge in [0, 0.05) is 22.3 Å². The zero-order valence-electron chi connectivity index (χ0n) is 15.3. The highest BCUT2D eigenvalue weighted by atomic mass is 32.2. The summed E-state index contributed by atoms with van der Waals surface area (Å²) in [5, 5.41) is 3.90. The molecule has 0 aliphatic carbocycles. The van der Waals surface area contributed by atoms with Crippen LogP contribution in [0.1, 0.15) is 21.6 Å². The van der Waals surface area contributed by atoms with Crippen molar-refractivity contribution in [1.29, 1.82) is 0 Å². The van der Waals surface area contributed by atoms with E-state index < -0.39 is 0 Å². The van der Waals surface area contributed by atoms with Crippen molar-refractivity contribution in [1.82, 2.24) is 10.3 Å². The van der Waals surface area contributed by atoms with Crippen molar-refractivity contribution in [2.75, 3.05) is 0 Å². The number of aryl methyl sites for hydroxylation is 1. The number of aromatic nitrogens is 1. The number of benzene rings is 3. The number of rotatable bonds is 5. The van der Waals surface area contributed by atoms with E-state index in [1.54, 1.807) is 23.9 Å². The molecular weight excluding hydrogens is 371 g/mol. The summed E-state index contributed by atoms with van der Waals surface area (Å²) >= 11 is 1.56. The van der Waals surface area contributed by atoms with E-state index in [1.807, 2.05) is 55.5 Å². The summed E-state index contributed by atoms with van der Waals surface area (Å²) in [6.07, 6.45) is 0. The van der Waals surface area contributed by atoms with Crippen LogP contribution in [0.5, 0.6) is 0 Å². The van der Waals surface area contributed by atoms with E-state index in [1.165, 1.54) is 12.1 Å². The Morgan fingerprint density at radius 1 is 1.04 bits per heavy atom. The van der Waals surface area contributed by atoms with E-state index in [4.69, 9.17) is 0 Å². The molecule has 0 aliphatic rings. The van der Waals surface area contributed by atoms with Gasteiger partial charge in [-0.1, -0.05) is 54.2 Å². The third kappa shape index (κ3) is 3.94. The van der Waals surface area contributed by atoms with Crippen LogP contribution in [0.2, 0.25) is 0 Å². The van der Waals surface area contributed by atoms with Crippen LogP contribution >= 0.6 is 11.8 Å². The van der Waals surface area contributed by atoms with Crippen molar-refractivity contribution in [3.05, 3.63) is 95.4 Å². The first-order valence-electron chi connectivity index (χ1n) is 8.98. The fraction of sp³-hybridized carbons (Fsp3) is 0.0870. The number of H-pyrrole nitrogens is 1. The first-order valence-corrected chi connectivity index (χ1v) is 9.80. The maximum atomic E-state index is 13.4. The number of amides is 1. The molecule has 0 radical (unpaired) electrons. The highest BCUT2D eigenvalue weighted by Gasteiger charge is 2.19. The van der Waals surface area contributed by atoms with E-state index in [2.05, 4.69) is 10.3 Å². The summed E-state index contributed by atoms with van der Waals surface area (Å²) in [6.45, 7) is 2.29. The lowest BCUT2D eigenvalue weighted by molar-refractivity contribution is 0.0944. The molecule has 4 rings (SSSR count). The second-order valence-electron chi connectivity index (χ2n) is 6.61. The van der Waals surface area contributed by atoms with Gasteiger partial charge in [0.2, 0.25) is 0 Å². The first kappa shape index (κ1) is 18.3. The first-order chi connectivity index (χ1) is 13.6. The lowest BCUT2D eigenvalue weighted by atomic mass is 10.2. The van der Waals surface area contributed by atoms with Crippen molar-refractivity contribution >= 4 is 28.6 Å². The maximum Gasteiger partial charge on any atom is 0.269 e. The third-order valence-electron chi connectivity index (χ3n) is 4.44. The molecule has 0 saturated carbocycles. The number of nitrogens with one attached hydrogen (secondary N) is 2. The highest BCUT2D eigenvalue weighted by molar-refractivity contribution is 7.99. The Hall–Kier alpha value is -3.05. The molecule has 3 nitrogen and oxygen atoms in total. The van der Waals surface area contributed by atoms with Gasteiger partial charge in [-0.25, -0.2) is 4.39 Å². The van der Waals surface area contributed by atoms with Crippen LogP contribution in [0.25, 0.3) is 10.9 Å². The van der Waals surface area contributed by atoms with Crippen molar-refractivity contribution < 1.29 is 9.18 Å². The Morgan fingerprint density at radius 2 is 1.86 bits per heavy atom. The van der Waals surface area contributed by atoms with Crippen LogP contribution < -0.4 is 5.32 Å². The quantitative estimate of drug-likeness (QED) is 0.459. The molecule has 1 aromatic heterocycles. The second-order valence-corrected chi connectivity index (χ2v) is 7.69. The van der Waals surface area contributed by atoms with Crippen LogP contribution in [0, 0.1) is 12.7 Å². The lowest BCUT2D eigenvalue weighted by Gasteiger charge is -2.07. The molecule has 0 aliphatic heterocycles. The average molecular weight is 390 g/mol. The zero-order chi connectivity index (χ0) is 19.5. The molecule has 2 N–H and O–H groups in total. The number of halogens is 1. The van der Waals surface area contributed by atoms with Crippen LogP contribution in [0.3, 0.4) is 0 Å². The van der Waals surface area contributed by atoms with Gasteiger partial charge in [0.15, 0.2) is 0 Å². The van der Waals surface area contributed by atoms with E-state index in [0.29, 0.717) is 5.69 Å². The van der Waals surface area contributed by atoms with Crippen molar-refractivity contribution in [3.8, 4) is 0 Å². The van der Waals surface area contributed by atoms with Crippen molar-refractivity contribution in [2.24, 2.45) is 0 Å². The van der Waals surface area contributed by atoms with Crippen LogP contribution in [0.4, 0.5) is 4.39 Å². The highest BCUT2D eigenvalue weighted by Crippen LogP contribution is 2.37. The fourth-order valence-electron chi connectivity index (χ4n) is 3.08. The summed E-state index contributed by atoms with van der Waals surface area (Å²) < 4.78 is 13.4. The predicted molar refractivity (Wildman–Crippen MR) is 111 cm³/mol. The van der Waals surface area contributed by atoms with E-state index >= 15 is 0 Å². The Bertz CT molecular complexity index is 1140. The second kappa shape index (κ2) is 7.90. The molecule has 0 saturated heterocycles.